The summed E-state index contributed by atoms with van der Waals surface area (Å²) in [4.78, 5) is 1.45. The quantitative estimate of drug-likeness (QED) is 0.468. The number of thiocarbonyl (C=S) groups is 2. The summed E-state index contributed by atoms with van der Waals surface area (Å²) in [6.07, 6.45) is 0.746. The molecule has 0 radical (unpaired) electrons. The molecule has 28 heavy (non-hydrogen) atoms. The van der Waals surface area contributed by atoms with Crippen molar-refractivity contribution in [2.75, 3.05) is 10.6 Å². The summed E-state index contributed by atoms with van der Waals surface area (Å²) in [7, 11) is 0. The normalized spacial score (nSPS) is 10.5. The topological polar surface area (TPSA) is 24.1 Å². The third-order valence-electron chi connectivity index (χ3n) is 4.72. The molecule has 0 bridgehead atoms. The Morgan fingerprint density at radius 2 is 1.11 bits per heavy atom. The van der Waals surface area contributed by atoms with E-state index in [9.17, 15) is 0 Å². The Morgan fingerprint density at radius 1 is 0.679 bits per heavy atom. The van der Waals surface area contributed by atoms with Crippen LogP contribution in [0.1, 0.15) is 16.7 Å². The zero-order chi connectivity index (χ0) is 19.9. The van der Waals surface area contributed by atoms with Gasteiger partial charge in [-0.1, -0.05) is 91.2 Å². The molecule has 0 saturated heterocycles. The molecular weight excluding hydrogens is 380 g/mol. The van der Waals surface area contributed by atoms with Crippen LogP contribution in [0, 0.1) is 19.8 Å². The van der Waals surface area contributed by atoms with Crippen LogP contribution in [0.25, 0.3) is 0 Å². The zero-order valence-electron chi connectivity index (χ0n) is 16.1. The Balaban J connectivity index is 1.83. The first kappa shape index (κ1) is 20.2. The molecule has 0 aromatic heterocycles. The summed E-state index contributed by atoms with van der Waals surface area (Å²) in [6.45, 7) is 4.14. The van der Waals surface area contributed by atoms with Gasteiger partial charge in [-0.05, 0) is 49.1 Å². The van der Waals surface area contributed by atoms with Gasteiger partial charge >= 0.3 is 0 Å². The average Bonchev–Trinajstić information content (AvgIpc) is 2.70. The van der Waals surface area contributed by atoms with E-state index in [1.54, 1.807) is 0 Å². The molecule has 0 saturated carbocycles. The largest absolute Gasteiger partial charge is 0.349 e. The van der Waals surface area contributed by atoms with Crippen LogP contribution in [-0.4, -0.2) is 9.98 Å². The third kappa shape index (κ3) is 5.24. The van der Waals surface area contributed by atoms with Crippen LogP contribution in [-0.2, 0) is 6.42 Å². The van der Waals surface area contributed by atoms with Gasteiger partial charge in [-0.25, -0.2) is 0 Å². The molecule has 0 atom stereocenters. The van der Waals surface area contributed by atoms with Crippen molar-refractivity contribution in [3.8, 4) is 0 Å². The predicted octanol–water partition coefficient (Wildman–Crippen LogP) is 6.34. The average molecular weight is 405 g/mol. The number of benzene rings is 3. The van der Waals surface area contributed by atoms with E-state index in [4.69, 9.17) is 24.4 Å². The molecule has 2 nitrogen and oxygen atoms in total. The standard InChI is InChI=1S/C24H24N2S2/c1-17-10-6-8-14-21(17)25-23(27)20(16-19-12-4-3-5-13-19)24(28)26-22-15-9-7-11-18(22)2/h3-15,20H,16H2,1-2H3,(H,25,27)(H,26,28). The molecule has 0 aliphatic rings. The first-order valence-corrected chi connectivity index (χ1v) is 10.1. The van der Waals surface area contributed by atoms with Gasteiger partial charge < -0.3 is 10.6 Å². The maximum Gasteiger partial charge on any atom is 0.0900 e. The molecule has 0 aliphatic heterocycles. The maximum absolute atomic E-state index is 5.80. The summed E-state index contributed by atoms with van der Waals surface area (Å²) in [5.41, 5.74) is 5.55. The van der Waals surface area contributed by atoms with Gasteiger partial charge in [0.1, 0.15) is 0 Å². The van der Waals surface area contributed by atoms with Crippen LogP contribution in [0.2, 0.25) is 0 Å². The monoisotopic (exact) mass is 404 g/mol. The fourth-order valence-electron chi connectivity index (χ4n) is 3.02. The van der Waals surface area contributed by atoms with E-state index in [0.717, 1.165) is 38.9 Å². The highest BCUT2D eigenvalue weighted by Gasteiger charge is 2.21. The lowest BCUT2D eigenvalue weighted by atomic mass is 9.98. The number of hydrogen-bond donors (Lipinski definition) is 2. The highest BCUT2D eigenvalue weighted by atomic mass is 32.1. The molecule has 3 aromatic carbocycles. The minimum Gasteiger partial charge on any atom is -0.349 e. The second-order valence-corrected chi connectivity index (χ2v) is 7.73. The van der Waals surface area contributed by atoms with Crippen LogP contribution in [0.4, 0.5) is 11.4 Å². The maximum atomic E-state index is 5.80. The minimum absolute atomic E-state index is 0.105. The Morgan fingerprint density at radius 3 is 1.57 bits per heavy atom. The Labute approximate surface area is 178 Å². The first-order chi connectivity index (χ1) is 13.5. The fraction of sp³-hybridized carbons (Fsp3) is 0.167. The molecule has 2 N–H and O–H groups in total. The Bertz CT molecular complexity index is 908. The van der Waals surface area contributed by atoms with E-state index < -0.39 is 0 Å². The van der Waals surface area contributed by atoms with Crippen molar-refractivity contribution in [1.82, 2.24) is 0 Å². The molecule has 0 heterocycles. The molecule has 0 fully saturated rings. The third-order valence-corrected chi connectivity index (χ3v) is 5.49. The summed E-state index contributed by atoms with van der Waals surface area (Å²) < 4.78 is 0. The van der Waals surface area contributed by atoms with E-state index >= 15 is 0 Å². The van der Waals surface area contributed by atoms with Crippen molar-refractivity contribution in [2.24, 2.45) is 5.92 Å². The van der Waals surface area contributed by atoms with Gasteiger partial charge in [0.2, 0.25) is 0 Å². The lowest BCUT2D eigenvalue weighted by molar-refractivity contribution is 0.912. The summed E-state index contributed by atoms with van der Waals surface area (Å²) in [5, 5.41) is 6.83. The van der Waals surface area contributed by atoms with Crippen LogP contribution in [0.15, 0.2) is 78.9 Å². The number of anilines is 2. The Kier molecular flexibility index (Phi) is 6.90. The van der Waals surface area contributed by atoms with E-state index in [1.807, 2.05) is 54.6 Å². The minimum atomic E-state index is -0.105. The van der Waals surface area contributed by atoms with Gasteiger partial charge in [0.15, 0.2) is 0 Å². The van der Waals surface area contributed by atoms with Gasteiger partial charge in [-0.15, -0.1) is 0 Å². The predicted molar refractivity (Wildman–Crippen MR) is 128 cm³/mol. The van der Waals surface area contributed by atoms with Crippen LogP contribution < -0.4 is 10.6 Å². The van der Waals surface area contributed by atoms with E-state index in [1.165, 1.54) is 5.56 Å². The van der Waals surface area contributed by atoms with Crippen LogP contribution in [0.3, 0.4) is 0 Å². The van der Waals surface area contributed by atoms with Crippen molar-refractivity contribution in [3.63, 3.8) is 0 Å². The zero-order valence-corrected chi connectivity index (χ0v) is 17.7. The SMILES string of the molecule is Cc1ccccc1NC(=S)C(Cc1ccccc1)C(=S)Nc1ccccc1C. The number of para-hydroxylation sites is 2. The summed E-state index contributed by atoms with van der Waals surface area (Å²) in [6, 6.07) is 26.6. The van der Waals surface area contributed by atoms with Crippen LogP contribution in [0.5, 0.6) is 0 Å². The van der Waals surface area contributed by atoms with E-state index in [0.29, 0.717) is 0 Å². The second kappa shape index (κ2) is 9.58. The molecule has 3 rings (SSSR count). The Hall–Kier alpha value is -2.56. The van der Waals surface area contributed by atoms with Gasteiger partial charge in [-0.2, -0.15) is 0 Å². The number of aryl methyl sites for hydroxylation is 2. The first-order valence-electron chi connectivity index (χ1n) is 9.31. The highest BCUT2D eigenvalue weighted by Crippen LogP contribution is 2.21. The number of rotatable bonds is 6. The van der Waals surface area contributed by atoms with Crippen molar-refractivity contribution in [2.45, 2.75) is 20.3 Å². The molecular formula is C24H24N2S2. The van der Waals surface area contributed by atoms with Crippen molar-refractivity contribution >= 4 is 45.8 Å². The lowest BCUT2D eigenvalue weighted by Crippen LogP contribution is -2.33. The van der Waals surface area contributed by atoms with E-state index in [2.05, 4.69) is 48.7 Å². The number of nitrogens with one attached hydrogen (secondary N) is 2. The van der Waals surface area contributed by atoms with Crippen molar-refractivity contribution in [1.29, 1.82) is 0 Å². The fourth-order valence-corrected chi connectivity index (χ4v) is 3.72. The molecule has 3 aromatic rings. The summed E-state index contributed by atoms with van der Waals surface area (Å²) in [5.74, 6) is -0.105. The van der Waals surface area contributed by atoms with Gasteiger partial charge in [0.25, 0.3) is 0 Å². The van der Waals surface area contributed by atoms with Gasteiger partial charge in [0, 0.05) is 11.4 Å². The lowest BCUT2D eigenvalue weighted by Gasteiger charge is -2.23. The number of hydrogen-bond acceptors (Lipinski definition) is 2. The van der Waals surface area contributed by atoms with Gasteiger partial charge in [0.05, 0.1) is 15.9 Å². The molecule has 0 amide bonds. The van der Waals surface area contributed by atoms with Crippen LogP contribution >= 0.6 is 24.4 Å². The molecule has 4 heteroatoms. The molecule has 0 unspecified atom stereocenters. The summed E-state index contributed by atoms with van der Waals surface area (Å²) >= 11 is 11.6. The highest BCUT2D eigenvalue weighted by molar-refractivity contribution is 7.82. The van der Waals surface area contributed by atoms with Crippen molar-refractivity contribution < 1.29 is 0 Å². The molecule has 0 aliphatic carbocycles. The van der Waals surface area contributed by atoms with Gasteiger partial charge in [-0.3, -0.25) is 0 Å². The van der Waals surface area contributed by atoms with E-state index in [-0.39, 0.29) is 5.92 Å². The molecule has 142 valence electrons. The second-order valence-electron chi connectivity index (χ2n) is 6.85. The molecule has 0 spiro atoms. The van der Waals surface area contributed by atoms with Crippen molar-refractivity contribution in [3.05, 3.63) is 95.6 Å². The smallest absolute Gasteiger partial charge is 0.0900 e.